The van der Waals surface area contributed by atoms with Gasteiger partial charge in [0.1, 0.15) is 5.70 Å². The highest BCUT2D eigenvalue weighted by Gasteiger charge is 2.29. The molecule has 2 aromatic rings. The lowest BCUT2D eigenvalue weighted by Gasteiger charge is -2.14. The van der Waals surface area contributed by atoms with E-state index < -0.39 is 4.92 Å². The van der Waals surface area contributed by atoms with Gasteiger partial charge in [0.05, 0.1) is 16.9 Å². The van der Waals surface area contributed by atoms with Gasteiger partial charge in [-0.2, -0.15) is 5.10 Å². The van der Waals surface area contributed by atoms with Crippen molar-refractivity contribution in [1.82, 2.24) is 14.7 Å². The summed E-state index contributed by atoms with van der Waals surface area (Å²) in [6.07, 6.45) is 5.17. The molecule has 0 unspecified atom stereocenters. The largest absolute Gasteiger partial charge is 0.325 e. The Bertz CT molecular complexity index is 1030. The summed E-state index contributed by atoms with van der Waals surface area (Å²) in [5, 5.41) is 18.0. The summed E-state index contributed by atoms with van der Waals surface area (Å²) < 4.78 is 1.76. The Labute approximate surface area is 176 Å². The van der Waals surface area contributed by atoms with Crippen molar-refractivity contribution in [3.63, 3.8) is 0 Å². The Morgan fingerprint density at radius 2 is 2.00 bits per heavy atom. The molecule has 0 aliphatic carbocycles. The topological polar surface area (TPSA) is 123 Å². The number of non-ortho nitro benzene ring substituents is 1. The lowest BCUT2D eigenvalue weighted by Crippen LogP contribution is -2.31. The molecule has 1 aliphatic heterocycles. The lowest BCUT2D eigenvalue weighted by atomic mass is 10.3. The number of nitrogens with zero attached hydrogens (tertiary/aromatic N) is 5. The summed E-state index contributed by atoms with van der Waals surface area (Å²) in [6.45, 7) is 4.97. The van der Waals surface area contributed by atoms with Crippen LogP contribution in [0.5, 0.6) is 0 Å². The summed E-state index contributed by atoms with van der Waals surface area (Å²) in [4.78, 5) is 40.9. The third-order valence-electron chi connectivity index (χ3n) is 4.20. The van der Waals surface area contributed by atoms with Crippen molar-refractivity contribution in [2.45, 2.75) is 20.4 Å². The first-order chi connectivity index (χ1) is 14.4. The highest BCUT2D eigenvalue weighted by molar-refractivity contribution is 8.14. The second-order valence-corrected chi connectivity index (χ2v) is 7.19. The lowest BCUT2D eigenvalue weighted by molar-refractivity contribution is -0.384. The van der Waals surface area contributed by atoms with E-state index in [9.17, 15) is 19.7 Å². The number of aromatic nitrogens is 2. The summed E-state index contributed by atoms with van der Waals surface area (Å²) >= 11 is 1.15. The first kappa shape index (κ1) is 21.2. The molecule has 2 heterocycles. The molecule has 3 rings (SSSR count). The number of amides is 2. The molecule has 10 nitrogen and oxygen atoms in total. The number of hydrogen-bond acceptors (Lipinski definition) is 7. The molecule has 0 atom stereocenters. The zero-order valence-corrected chi connectivity index (χ0v) is 17.3. The number of carbonyl (C=O) groups excluding carboxylic acids is 2. The van der Waals surface area contributed by atoms with Gasteiger partial charge in [0, 0.05) is 42.7 Å². The predicted octanol–water partition coefficient (Wildman–Crippen LogP) is 2.74. The second-order valence-electron chi connectivity index (χ2n) is 6.24. The van der Waals surface area contributed by atoms with E-state index >= 15 is 0 Å². The number of thioether (sulfide) groups is 1. The zero-order valence-electron chi connectivity index (χ0n) is 16.4. The van der Waals surface area contributed by atoms with E-state index in [4.69, 9.17) is 0 Å². The number of hydrogen-bond donors (Lipinski definition) is 1. The van der Waals surface area contributed by atoms with Crippen LogP contribution < -0.4 is 5.32 Å². The van der Waals surface area contributed by atoms with E-state index in [2.05, 4.69) is 15.4 Å². The Hall–Kier alpha value is -3.47. The van der Waals surface area contributed by atoms with Crippen molar-refractivity contribution in [3.8, 4) is 0 Å². The van der Waals surface area contributed by atoms with Crippen molar-refractivity contribution >= 4 is 46.2 Å². The molecule has 156 valence electrons. The van der Waals surface area contributed by atoms with E-state index in [-0.39, 0.29) is 23.3 Å². The normalized spacial score (nSPS) is 14.9. The fourth-order valence-corrected chi connectivity index (χ4v) is 3.56. The Morgan fingerprint density at radius 3 is 2.60 bits per heavy atom. The molecule has 2 amide bonds. The number of benzene rings is 1. The quantitative estimate of drug-likeness (QED) is 0.411. The van der Waals surface area contributed by atoms with Gasteiger partial charge in [-0.25, -0.2) is 4.99 Å². The number of nitro groups is 1. The summed E-state index contributed by atoms with van der Waals surface area (Å²) in [5.41, 5.74) is 1.48. The van der Waals surface area contributed by atoms with E-state index in [1.807, 2.05) is 20.0 Å². The maximum Gasteiger partial charge on any atom is 0.278 e. The van der Waals surface area contributed by atoms with Crippen LogP contribution in [0.3, 0.4) is 0 Å². The predicted molar refractivity (Wildman–Crippen MR) is 115 cm³/mol. The summed E-state index contributed by atoms with van der Waals surface area (Å²) in [5.74, 6) is -0.484. The van der Waals surface area contributed by atoms with Crippen molar-refractivity contribution in [2.24, 2.45) is 4.99 Å². The van der Waals surface area contributed by atoms with E-state index in [1.165, 1.54) is 29.2 Å². The number of anilines is 1. The maximum atomic E-state index is 12.6. The van der Waals surface area contributed by atoms with Crippen LogP contribution >= 0.6 is 11.8 Å². The van der Waals surface area contributed by atoms with Gasteiger partial charge in [-0.3, -0.25) is 29.3 Å². The third-order valence-corrected chi connectivity index (χ3v) is 5.18. The molecular weight excluding hydrogens is 408 g/mol. The highest BCUT2D eigenvalue weighted by atomic mass is 32.2. The molecule has 1 aliphatic rings. The molecule has 11 heteroatoms. The smallest absolute Gasteiger partial charge is 0.278 e. The molecule has 0 radical (unpaired) electrons. The average Bonchev–Trinajstić information content (AvgIpc) is 3.31. The Morgan fingerprint density at radius 1 is 1.27 bits per heavy atom. The van der Waals surface area contributed by atoms with Gasteiger partial charge in [0.2, 0.25) is 5.91 Å². The summed E-state index contributed by atoms with van der Waals surface area (Å²) in [7, 11) is 0. The Kier molecular flexibility index (Phi) is 6.62. The average molecular weight is 428 g/mol. The van der Waals surface area contributed by atoms with E-state index in [1.54, 1.807) is 17.0 Å². The second kappa shape index (κ2) is 9.35. The monoisotopic (exact) mass is 428 g/mol. The van der Waals surface area contributed by atoms with Gasteiger partial charge in [0.25, 0.3) is 11.6 Å². The van der Waals surface area contributed by atoms with Gasteiger partial charge in [-0.15, -0.1) is 0 Å². The van der Waals surface area contributed by atoms with Crippen LogP contribution in [-0.2, 0) is 16.1 Å². The number of amidine groups is 1. The summed E-state index contributed by atoms with van der Waals surface area (Å²) in [6, 6.07) is 5.57. The molecule has 30 heavy (non-hydrogen) atoms. The van der Waals surface area contributed by atoms with Gasteiger partial charge in [-0.1, -0.05) is 11.8 Å². The van der Waals surface area contributed by atoms with Crippen molar-refractivity contribution in [3.05, 3.63) is 58.0 Å². The molecule has 0 spiro atoms. The molecule has 0 saturated carbocycles. The zero-order chi connectivity index (χ0) is 21.7. The SMILES string of the molecule is CCN1C(=O)C(=Cc2cnn(CC)c2)N=C1SCC(=O)Nc1ccc([N+](=O)[O-])cc1. The van der Waals surface area contributed by atoms with Crippen LogP contribution in [0.1, 0.15) is 19.4 Å². The van der Waals surface area contributed by atoms with Crippen LogP contribution in [0.2, 0.25) is 0 Å². The molecule has 1 aromatic heterocycles. The fraction of sp³-hybridized carbons (Fsp3) is 0.263. The van der Waals surface area contributed by atoms with Gasteiger partial charge >= 0.3 is 0 Å². The van der Waals surface area contributed by atoms with Gasteiger partial charge in [-0.05, 0) is 32.1 Å². The minimum absolute atomic E-state index is 0.0423. The van der Waals surface area contributed by atoms with Crippen molar-refractivity contribution in [1.29, 1.82) is 0 Å². The first-order valence-corrected chi connectivity index (χ1v) is 10.2. The van der Waals surface area contributed by atoms with Gasteiger partial charge in [0.15, 0.2) is 5.17 Å². The minimum atomic E-state index is -0.506. The number of nitrogens with one attached hydrogen (secondary N) is 1. The first-order valence-electron chi connectivity index (χ1n) is 9.23. The Balaban J connectivity index is 1.64. The minimum Gasteiger partial charge on any atom is -0.325 e. The number of rotatable bonds is 7. The molecule has 1 N–H and O–H groups in total. The standard InChI is InChI=1S/C19H20N6O4S/c1-3-23-11-13(10-20-23)9-16-18(27)24(4-2)19(22-16)30-12-17(26)21-14-5-7-15(8-6-14)25(28)29/h5-11H,3-4,12H2,1-2H3,(H,21,26). The van der Waals surface area contributed by atoms with E-state index in [0.717, 1.165) is 23.9 Å². The third kappa shape index (κ3) is 4.92. The molecule has 0 saturated heterocycles. The fourth-order valence-electron chi connectivity index (χ4n) is 2.70. The van der Waals surface area contributed by atoms with Crippen molar-refractivity contribution < 1.29 is 14.5 Å². The number of aryl methyl sites for hydroxylation is 1. The molecule has 0 bridgehead atoms. The van der Waals surface area contributed by atoms with Crippen LogP contribution in [0.4, 0.5) is 11.4 Å². The molecular formula is C19H20N6O4S. The van der Waals surface area contributed by atoms with Crippen LogP contribution in [0.25, 0.3) is 6.08 Å². The maximum absolute atomic E-state index is 12.6. The molecule has 0 fully saturated rings. The van der Waals surface area contributed by atoms with Crippen LogP contribution in [0, 0.1) is 10.1 Å². The van der Waals surface area contributed by atoms with Gasteiger partial charge < -0.3 is 5.32 Å². The number of likely N-dealkylation sites (N-methyl/N-ethyl adjacent to an activating group) is 1. The van der Waals surface area contributed by atoms with Crippen molar-refractivity contribution in [2.75, 3.05) is 17.6 Å². The molecule has 1 aromatic carbocycles. The number of nitro benzene ring substituents is 1. The highest BCUT2D eigenvalue weighted by Crippen LogP contribution is 2.24. The number of aliphatic imine (C=N–C) groups is 1. The van der Waals surface area contributed by atoms with E-state index in [0.29, 0.717) is 23.1 Å². The van der Waals surface area contributed by atoms with Crippen LogP contribution in [-0.4, -0.2) is 48.9 Å². The van der Waals surface area contributed by atoms with Crippen LogP contribution in [0.15, 0.2) is 47.3 Å². The number of carbonyl (C=O) groups is 2.